The third kappa shape index (κ3) is 4.81. The lowest BCUT2D eigenvalue weighted by atomic mass is 10.1. The third-order valence-corrected chi connectivity index (χ3v) is 3.30. The van der Waals surface area contributed by atoms with Gasteiger partial charge >= 0.3 is 0 Å². The van der Waals surface area contributed by atoms with Crippen molar-refractivity contribution in [2.24, 2.45) is 0 Å². The summed E-state index contributed by atoms with van der Waals surface area (Å²) < 4.78 is 5.85. The number of hydrogen-bond acceptors (Lipinski definition) is 3. The highest BCUT2D eigenvalue weighted by Gasteiger charge is 2.11. The average Bonchev–Trinajstić information content (AvgIpc) is 2.31. The number of rotatable bonds is 7. The molecule has 0 aliphatic rings. The highest BCUT2D eigenvalue weighted by molar-refractivity contribution is 6.30. The molecular weight excluding hydrogens is 248 g/mol. The Hall–Kier alpha value is -0.830. The molecule has 1 heterocycles. The number of nitrogens with zero attached hydrogens (tertiary/aromatic N) is 2. The molecule has 0 amide bonds. The zero-order valence-corrected chi connectivity index (χ0v) is 12.5. The zero-order chi connectivity index (χ0) is 13.5. The van der Waals surface area contributed by atoms with Gasteiger partial charge in [-0.1, -0.05) is 37.8 Å². The van der Waals surface area contributed by atoms with Crippen LogP contribution in [0.15, 0.2) is 0 Å². The van der Waals surface area contributed by atoms with Gasteiger partial charge in [0, 0.05) is 5.56 Å². The van der Waals surface area contributed by atoms with E-state index in [0.29, 0.717) is 16.9 Å². The van der Waals surface area contributed by atoms with Gasteiger partial charge in [0.1, 0.15) is 11.0 Å². The maximum absolute atomic E-state index is 6.02. The normalized spacial score (nSPS) is 12.5. The Morgan fingerprint density at radius 1 is 1.17 bits per heavy atom. The molecule has 0 aromatic carbocycles. The number of unbranched alkanes of at least 4 members (excludes halogenated alkanes) is 3. The lowest BCUT2D eigenvalue weighted by molar-refractivity contribution is 0.196. The minimum Gasteiger partial charge on any atom is -0.474 e. The van der Waals surface area contributed by atoms with Gasteiger partial charge in [-0.25, -0.2) is 4.98 Å². The molecule has 1 aromatic heterocycles. The molecular formula is C14H23ClN2O. The van der Waals surface area contributed by atoms with Gasteiger partial charge in [-0.2, -0.15) is 4.98 Å². The molecule has 0 spiro atoms. The van der Waals surface area contributed by atoms with E-state index in [-0.39, 0.29) is 6.10 Å². The SMILES string of the molecule is CCCCCCC(C)Oc1nc(C)nc(Cl)c1C. The molecule has 1 aromatic rings. The predicted octanol–water partition coefficient (Wildman–Crippen LogP) is 4.48. The molecule has 0 radical (unpaired) electrons. The van der Waals surface area contributed by atoms with Crippen molar-refractivity contribution in [1.82, 2.24) is 9.97 Å². The van der Waals surface area contributed by atoms with Gasteiger partial charge < -0.3 is 4.74 Å². The molecule has 0 N–H and O–H groups in total. The van der Waals surface area contributed by atoms with Crippen LogP contribution in [0.4, 0.5) is 0 Å². The van der Waals surface area contributed by atoms with E-state index in [1.54, 1.807) is 0 Å². The standard InChI is InChI=1S/C14H23ClN2O/c1-5-6-7-8-9-10(2)18-14-11(3)13(15)16-12(4)17-14/h10H,5-9H2,1-4H3. The maximum Gasteiger partial charge on any atom is 0.221 e. The third-order valence-electron chi connectivity index (χ3n) is 2.93. The largest absolute Gasteiger partial charge is 0.474 e. The van der Waals surface area contributed by atoms with Crippen LogP contribution in [0.1, 0.15) is 57.3 Å². The second-order valence-electron chi connectivity index (χ2n) is 4.77. The quantitative estimate of drug-likeness (QED) is 0.541. The second kappa shape index (κ2) is 7.57. The Labute approximate surface area is 115 Å². The first-order valence-corrected chi connectivity index (χ1v) is 7.09. The molecule has 1 unspecified atom stereocenters. The molecule has 0 fully saturated rings. The van der Waals surface area contributed by atoms with E-state index in [0.717, 1.165) is 12.0 Å². The average molecular weight is 271 g/mol. The van der Waals surface area contributed by atoms with Crippen LogP contribution in [-0.2, 0) is 0 Å². The number of halogens is 1. The molecule has 0 aliphatic carbocycles. The number of aromatic nitrogens is 2. The molecule has 18 heavy (non-hydrogen) atoms. The van der Waals surface area contributed by atoms with Gasteiger partial charge in [-0.3, -0.25) is 0 Å². The zero-order valence-electron chi connectivity index (χ0n) is 11.8. The molecule has 102 valence electrons. The van der Waals surface area contributed by atoms with Crippen LogP contribution in [-0.4, -0.2) is 16.1 Å². The van der Waals surface area contributed by atoms with Crippen LogP contribution in [0.2, 0.25) is 5.15 Å². The highest BCUT2D eigenvalue weighted by atomic mass is 35.5. The van der Waals surface area contributed by atoms with Crippen molar-refractivity contribution in [3.63, 3.8) is 0 Å². The van der Waals surface area contributed by atoms with Gasteiger partial charge in [0.15, 0.2) is 0 Å². The minimum atomic E-state index is 0.172. The van der Waals surface area contributed by atoms with Crippen molar-refractivity contribution >= 4 is 11.6 Å². The van der Waals surface area contributed by atoms with E-state index < -0.39 is 0 Å². The topological polar surface area (TPSA) is 35.0 Å². The first-order chi connectivity index (χ1) is 8.54. The predicted molar refractivity (Wildman–Crippen MR) is 75.4 cm³/mol. The molecule has 1 atom stereocenters. The fraction of sp³-hybridized carbons (Fsp3) is 0.714. The summed E-state index contributed by atoms with van der Waals surface area (Å²) in [5, 5.41) is 0.482. The minimum absolute atomic E-state index is 0.172. The van der Waals surface area contributed by atoms with Gasteiger partial charge in [-0.05, 0) is 33.6 Å². The van der Waals surface area contributed by atoms with E-state index in [1.165, 1.54) is 25.7 Å². The Bertz CT molecular complexity index is 382. The molecule has 4 heteroatoms. The summed E-state index contributed by atoms with van der Waals surface area (Å²) in [5.41, 5.74) is 0.822. The number of aryl methyl sites for hydroxylation is 1. The lowest BCUT2D eigenvalue weighted by Crippen LogP contribution is -2.14. The monoisotopic (exact) mass is 270 g/mol. The van der Waals surface area contributed by atoms with Gasteiger partial charge in [-0.15, -0.1) is 0 Å². The highest BCUT2D eigenvalue weighted by Crippen LogP contribution is 2.23. The summed E-state index contributed by atoms with van der Waals surface area (Å²) in [6, 6.07) is 0. The molecule has 0 saturated carbocycles. The molecule has 3 nitrogen and oxygen atoms in total. The van der Waals surface area contributed by atoms with Gasteiger partial charge in [0.05, 0.1) is 6.10 Å². The maximum atomic E-state index is 6.02. The van der Waals surface area contributed by atoms with Crippen molar-refractivity contribution < 1.29 is 4.74 Å². The van der Waals surface area contributed by atoms with Crippen LogP contribution in [0.5, 0.6) is 5.88 Å². The van der Waals surface area contributed by atoms with Crippen molar-refractivity contribution in [2.75, 3.05) is 0 Å². The Morgan fingerprint density at radius 3 is 2.56 bits per heavy atom. The summed E-state index contributed by atoms with van der Waals surface area (Å²) in [6.45, 7) is 8.01. The molecule has 1 rings (SSSR count). The van der Waals surface area contributed by atoms with Crippen molar-refractivity contribution in [1.29, 1.82) is 0 Å². The number of ether oxygens (including phenoxy) is 1. The van der Waals surface area contributed by atoms with Crippen LogP contribution >= 0.6 is 11.6 Å². The fourth-order valence-electron chi connectivity index (χ4n) is 1.79. The Balaban J connectivity index is 2.51. The van der Waals surface area contributed by atoms with Crippen LogP contribution < -0.4 is 4.74 Å². The van der Waals surface area contributed by atoms with Crippen molar-refractivity contribution in [3.05, 3.63) is 16.5 Å². The Kier molecular flexibility index (Phi) is 6.41. The summed E-state index contributed by atoms with van der Waals surface area (Å²) in [7, 11) is 0. The van der Waals surface area contributed by atoms with Crippen molar-refractivity contribution in [3.8, 4) is 5.88 Å². The fourth-order valence-corrected chi connectivity index (χ4v) is 2.00. The van der Waals surface area contributed by atoms with E-state index in [2.05, 4.69) is 23.8 Å². The van der Waals surface area contributed by atoms with E-state index >= 15 is 0 Å². The molecule has 0 saturated heterocycles. The summed E-state index contributed by atoms with van der Waals surface area (Å²) >= 11 is 6.02. The van der Waals surface area contributed by atoms with Crippen LogP contribution in [0.3, 0.4) is 0 Å². The van der Waals surface area contributed by atoms with Gasteiger partial charge in [0.2, 0.25) is 5.88 Å². The first-order valence-electron chi connectivity index (χ1n) is 6.72. The summed E-state index contributed by atoms with van der Waals surface area (Å²) in [6.07, 6.45) is 6.25. The first kappa shape index (κ1) is 15.2. The Morgan fingerprint density at radius 2 is 1.89 bits per heavy atom. The van der Waals surface area contributed by atoms with E-state index in [1.807, 2.05) is 13.8 Å². The van der Waals surface area contributed by atoms with Crippen LogP contribution in [0, 0.1) is 13.8 Å². The summed E-state index contributed by atoms with van der Waals surface area (Å²) in [4.78, 5) is 8.40. The molecule has 0 aliphatic heterocycles. The number of hydrogen-bond donors (Lipinski definition) is 0. The second-order valence-corrected chi connectivity index (χ2v) is 5.13. The van der Waals surface area contributed by atoms with Crippen molar-refractivity contribution in [2.45, 2.75) is 65.9 Å². The lowest BCUT2D eigenvalue weighted by Gasteiger charge is -2.16. The van der Waals surface area contributed by atoms with E-state index in [4.69, 9.17) is 16.3 Å². The molecule has 0 bridgehead atoms. The van der Waals surface area contributed by atoms with E-state index in [9.17, 15) is 0 Å². The van der Waals surface area contributed by atoms with Gasteiger partial charge in [0.25, 0.3) is 0 Å². The smallest absolute Gasteiger partial charge is 0.221 e. The van der Waals surface area contributed by atoms with Crippen LogP contribution in [0.25, 0.3) is 0 Å². The summed E-state index contributed by atoms with van der Waals surface area (Å²) in [5.74, 6) is 1.27.